The Labute approximate surface area is 243 Å². The molecule has 0 bridgehead atoms. The minimum atomic E-state index is 0.0854. The van der Waals surface area contributed by atoms with Gasteiger partial charge in [0, 0.05) is 34.8 Å². The highest BCUT2D eigenvalue weighted by Crippen LogP contribution is 2.58. The van der Waals surface area contributed by atoms with Crippen LogP contribution >= 0.6 is 0 Å². The van der Waals surface area contributed by atoms with Crippen molar-refractivity contribution < 1.29 is 0 Å². The highest BCUT2D eigenvalue weighted by molar-refractivity contribution is 5.92. The van der Waals surface area contributed by atoms with Gasteiger partial charge in [-0.05, 0) is 87.4 Å². The van der Waals surface area contributed by atoms with E-state index in [4.69, 9.17) is 0 Å². The lowest BCUT2D eigenvalue weighted by atomic mass is 9.68. The van der Waals surface area contributed by atoms with E-state index in [1.54, 1.807) is 11.1 Å². The van der Waals surface area contributed by atoms with Crippen LogP contribution in [0.15, 0.2) is 109 Å². The molecule has 8 rings (SSSR count). The standard InChI is InChI=1S/C40H37N/c1-39-22-9-6-15-34(39)33-27-30(20-19-28(33)21-25-39)29-12-10-13-31(26-29)41(2)37-18-11-17-36-38(37)32-14-4-5-16-35(32)40(36)23-7-3-8-24-40/h4-6,9-22,26-27H,3,7-8,23-25H2,1-2H3. The van der Waals surface area contributed by atoms with Gasteiger partial charge in [-0.15, -0.1) is 0 Å². The Kier molecular flexibility index (Phi) is 5.54. The molecule has 0 aliphatic heterocycles. The largest absolute Gasteiger partial charge is 0.344 e. The Morgan fingerprint density at radius 3 is 2.44 bits per heavy atom. The van der Waals surface area contributed by atoms with Crippen LogP contribution in [0.2, 0.25) is 0 Å². The molecule has 1 unspecified atom stereocenters. The molecule has 0 heterocycles. The van der Waals surface area contributed by atoms with E-state index in [0.29, 0.717) is 0 Å². The minimum Gasteiger partial charge on any atom is -0.344 e. The number of allylic oxidation sites excluding steroid dienone is 4. The smallest absolute Gasteiger partial charge is 0.0491 e. The number of hydrogen-bond donors (Lipinski definition) is 0. The van der Waals surface area contributed by atoms with Gasteiger partial charge >= 0.3 is 0 Å². The maximum atomic E-state index is 2.42. The molecular weight excluding hydrogens is 494 g/mol. The average molecular weight is 532 g/mol. The van der Waals surface area contributed by atoms with Gasteiger partial charge in [0.1, 0.15) is 0 Å². The van der Waals surface area contributed by atoms with Crippen LogP contribution in [0, 0.1) is 5.41 Å². The van der Waals surface area contributed by atoms with Crippen LogP contribution < -0.4 is 15.3 Å². The summed E-state index contributed by atoms with van der Waals surface area (Å²) in [4.78, 5) is 2.41. The second kappa shape index (κ2) is 9.21. The molecule has 0 amide bonds. The number of rotatable bonds is 3. The molecule has 0 saturated heterocycles. The molecule has 4 aliphatic rings. The molecular formula is C40H37N. The average Bonchev–Trinajstić information content (AvgIpc) is 3.29. The number of nitrogens with zero attached hydrogens (tertiary/aromatic N) is 1. The molecule has 1 heteroatoms. The fraction of sp³-hybridized carbons (Fsp3) is 0.250. The zero-order valence-electron chi connectivity index (χ0n) is 24.2. The van der Waals surface area contributed by atoms with Crippen LogP contribution in [-0.4, -0.2) is 7.05 Å². The summed E-state index contributed by atoms with van der Waals surface area (Å²) in [6.07, 6.45) is 19.0. The van der Waals surface area contributed by atoms with Gasteiger partial charge in [0.2, 0.25) is 0 Å². The molecule has 4 aromatic rings. The highest BCUT2D eigenvalue weighted by atomic mass is 15.1. The summed E-state index contributed by atoms with van der Waals surface area (Å²) in [7, 11) is 2.24. The first-order chi connectivity index (χ1) is 20.1. The van der Waals surface area contributed by atoms with E-state index in [2.05, 4.69) is 134 Å². The molecule has 202 valence electrons. The number of fused-ring (bicyclic) bond motifs is 7. The SMILES string of the molecule is CN(c1cccc(-c2ccc3c(c2)=C2C=CC=CC2(C)CC=3)c1)c1cccc2c1-c1ccccc1C21CCCCC1. The van der Waals surface area contributed by atoms with Gasteiger partial charge < -0.3 is 4.90 Å². The Morgan fingerprint density at radius 1 is 0.732 bits per heavy atom. The Bertz CT molecular complexity index is 1880. The molecule has 4 aromatic carbocycles. The van der Waals surface area contributed by atoms with E-state index in [1.165, 1.54) is 81.7 Å². The van der Waals surface area contributed by atoms with Crippen molar-refractivity contribution in [3.05, 3.63) is 131 Å². The summed E-state index contributed by atoms with van der Waals surface area (Å²) in [5, 5.41) is 2.72. The third-order valence-electron chi connectivity index (χ3n) is 10.4. The first-order valence-electron chi connectivity index (χ1n) is 15.4. The predicted octanol–water partition coefficient (Wildman–Crippen LogP) is 8.82. The maximum Gasteiger partial charge on any atom is 0.0491 e. The van der Waals surface area contributed by atoms with Crippen molar-refractivity contribution >= 4 is 23.0 Å². The zero-order chi connectivity index (χ0) is 27.6. The summed E-state index contributed by atoms with van der Waals surface area (Å²) in [5.74, 6) is 0. The molecule has 0 radical (unpaired) electrons. The summed E-state index contributed by atoms with van der Waals surface area (Å²) in [5.41, 5.74) is 12.7. The topological polar surface area (TPSA) is 3.24 Å². The van der Waals surface area contributed by atoms with Crippen molar-refractivity contribution in [2.75, 3.05) is 11.9 Å². The van der Waals surface area contributed by atoms with Crippen LogP contribution in [-0.2, 0) is 5.41 Å². The molecule has 4 aliphatic carbocycles. The van der Waals surface area contributed by atoms with Gasteiger partial charge in [0.15, 0.2) is 0 Å². The van der Waals surface area contributed by atoms with Crippen molar-refractivity contribution in [2.45, 2.75) is 50.9 Å². The minimum absolute atomic E-state index is 0.0854. The van der Waals surface area contributed by atoms with Crippen LogP contribution in [0.1, 0.15) is 56.6 Å². The Balaban J connectivity index is 1.23. The van der Waals surface area contributed by atoms with Gasteiger partial charge in [0.05, 0.1) is 0 Å². The lowest BCUT2D eigenvalue weighted by molar-refractivity contribution is 0.353. The zero-order valence-corrected chi connectivity index (χ0v) is 24.2. The van der Waals surface area contributed by atoms with Crippen LogP contribution in [0.3, 0.4) is 0 Å². The molecule has 1 atom stereocenters. The number of hydrogen-bond acceptors (Lipinski definition) is 1. The van der Waals surface area contributed by atoms with Gasteiger partial charge in [-0.1, -0.05) is 117 Å². The Hall–Kier alpha value is -4.10. The summed E-state index contributed by atoms with van der Waals surface area (Å²) >= 11 is 0. The first-order valence-corrected chi connectivity index (χ1v) is 15.4. The number of anilines is 2. The van der Waals surface area contributed by atoms with Crippen molar-refractivity contribution in [3.8, 4) is 22.3 Å². The normalized spacial score (nSPS) is 21.1. The van der Waals surface area contributed by atoms with E-state index in [0.717, 1.165) is 6.42 Å². The maximum absolute atomic E-state index is 2.42. The fourth-order valence-corrected chi connectivity index (χ4v) is 8.24. The van der Waals surface area contributed by atoms with Crippen molar-refractivity contribution in [1.29, 1.82) is 0 Å². The molecule has 0 N–H and O–H groups in total. The lowest BCUT2D eigenvalue weighted by Crippen LogP contribution is -2.36. The van der Waals surface area contributed by atoms with Crippen LogP contribution in [0.5, 0.6) is 0 Å². The van der Waals surface area contributed by atoms with Crippen LogP contribution in [0.4, 0.5) is 11.4 Å². The Morgan fingerprint density at radius 2 is 1.54 bits per heavy atom. The first kappa shape index (κ1) is 24.7. The van der Waals surface area contributed by atoms with E-state index in [-0.39, 0.29) is 10.8 Å². The van der Waals surface area contributed by atoms with Crippen molar-refractivity contribution in [2.24, 2.45) is 5.41 Å². The van der Waals surface area contributed by atoms with Crippen LogP contribution in [0.25, 0.3) is 33.9 Å². The van der Waals surface area contributed by atoms with E-state index in [1.807, 2.05) is 0 Å². The van der Waals surface area contributed by atoms with E-state index >= 15 is 0 Å². The molecule has 1 fully saturated rings. The molecule has 1 spiro atoms. The second-order valence-electron chi connectivity index (χ2n) is 12.8. The molecule has 41 heavy (non-hydrogen) atoms. The summed E-state index contributed by atoms with van der Waals surface area (Å²) in [6, 6.07) is 32.3. The van der Waals surface area contributed by atoms with Crippen molar-refractivity contribution in [1.82, 2.24) is 0 Å². The van der Waals surface area contributed by atoms with Gasteiger partial charge in [-0.25, -0.2) is 0 Å². The summed E-state index contributed by atoms with van der Waals surface area (Å²) in [6.45, 7) is 2.36. The van der Waals surface area contributed by atoms with Gasteiger partial charge in [0.25, 0.3) is 0 Å². The van der Waals surface area contributed by atoms with Gasteiger partial charge in [-0.2, -0.15) is 0 Å². The third kappa shape index (κ3) is 3.68. The molecule has 0 aromatic heterocycles. The molecule has 1 saturated carbocycles. The molecule has 1 nitrogen and oxygen atoms in total. The second-order valence-corrected chi connectivity index (χ2v) is 12.8. The van der Waals surface area contributed by atoms with Crippen molar-refractivity contribution in [3.63, 3.8) is 0 Å². The predicted molar refractivity (Wildman–Crippen MR) is 174 cm³/mol. The van der Waals surface area contributed by atoms with Gasteiger partial charge in [-0.3, -0.25) is 0 Å². The quantitative estimate of drug-likeness (QED) is 0.255. The number of benzene rings is 4. The van der Waals surface area contributed by atoms with E-state index < -0.39 is 0 Å². The highest BCUT2D eigenvalue weighted by Gasteiger charge is 2.44. The van der Waals surface area contributed by atoms with E-state index in [9.17, 15) is 0 Å². The lowest BCUT2D eigenvalue weighted by Gasteiger charge is -2.36. The summed E-state index contributed by atoms with van der Waals surface area (Å²) < 4.78 is 0. The fourth-order valence-electron chi connectivity index (χ4n) is 8.24. The third-order valence-corrected chi connectivity index (χ3v) is 10.4. The monoisotopic (exact) mass is 531 g/mol.